The summed E-state index contributed by atoms with van der Waals surface area (Å²) >= 11 is 0. The van der Waals surface area contributed by atoms with E-state index in [1.807, 2.05) is 42.5 Å². The minimum absolute atomic E-state index is 0.00313. The summed E-state index contributed by atoms with van der Waals surface area (Å²) in [5.41, 5.74) is 3.57. The van der Waals surface area contributed by atoms with E-state index in [0.717, 1.165) is 60.9 Å². The number of carboxylic acids is 1. The Labute approximate surface area is 211 Å². The van der Waals surface area contributed by atoms with E-state index in [-0.39, 0.29) is 30.2 Å². The van der Waals surface area contributed by atoms with Crippen LogP contribution in [0.2, 0.25) is 0 Å². The van der Waals surface area contributed by atoms with Crippen LogP contribution >= 0.6 is 0 Å². The minimum Gasteiger partial charge on any atom is -0.493 e. The van der Waals surface area contributed by atoms with Gasteiger partial charge in [0.25, 0.3) is 0 Å². The Kier molecular flexibility index (Phi) is 7.07. The number of carbonyl (C=O) groups excluding carboxylic acids is 1. The van der Waals surface area contributed by atoms with Gasteiger partial charge in [-0.2, -0.15) is 5.10 Å². The van der Waals surface area contributed by atoms with Gasteiger partial charge in [0.15, 0.2) is 11.5 Å². The van der Waals surface area contributed by atoms with Crippen LogP contribution in [-0.4, -0.2) is 40.9 Å². The van der Waals surface area contributed by atoms with Crippen molar-refractivity contribution in [2.75, 3.05) is 7.11 Å². The van der Waals surface area contributed by atoms with Crippen molar-refractivity contribution in [2.45, 2.75) is 57.6 Å². The van der Waals surface area contributed by atoms with Crippen LogP contribution in [0.1, 0.15) is 55.2 Å². The second-order valence-corrected chi connectivity index (χ2v) is 9.80. The number of carboxylic acid groups (broad SMARTS) is 1. The topological polar surface area (TPSA) is 88.4 Å². The SMILES string of the molecule is COc1ccc(C2=NN(C3CCCC3)C(=O)C3CC=CCC23)cc1OCc1ccc(CC(=O)O)cc1. The van der Waals surface area contributed by atoms with E-state index >= 15 is 0 Å². The van der Waals surface area contributed by atoms with Crippen LogP contribution in [-0.2, 0) is 22.6 Å². The van der Waals surface area contributed by atoms with Gasteiger partial charge in [-0.25, -0.2) is 5.01 Å². The molecule has 2 aromatic carbocycles. The van der Waals surface area contributed by atoms with Crippen LogP contribution in [0.25, 0.3) is 0 Å². The number of nitrogens with zero attached hydrogens (tertiary/aromatic N) is 2. The Morgan fingerprint density at radius 1 is 1.00 bits per heavy atom. The molecule has 2 unspecified atom stereocenters. The van der Waals surface area contributed by atoms with E-state index < -0.39 is 5.97 Å². The van der Waals surface area contributed by atoms with Gasteiger partial charge in [0.1, 0.15) is 6.61 Å². The summed E-state index contributed by atoms with van der Waals surface area (Å²) in [6.07, 6.45) is 10.1. The van der Waals surface area contributed by atoms with Crippen molar-refractivity contribution < 1.29 is 24.2 Å². The molecule has 7 nitrogen and oxygen atoms in total. The van der Waals surface area contributed by atoms with Crippen molar-refractivity contribution in [1.29, 1.82) is 0 Å². The monoisotopic (exact) mass is 488 g/mol. The van der Waals surface area contributed by atoms with Crippen LogP contribution in [0.3, 0.4) is 0 Å². The van der Waals surface area contributed by atoms with Crippen molar-refractivity contribution in [3.05, 3.63) is 71.3 Å². The molecule has 2 atom stereocenters. The molecule has 0 aromatic heterocycles. The molecule has 0 radical (unpaired) electrons. The third kappa shape index (κ3) is 5.01. The molecule has 0 saturated heterocycles. The van der Waals surface area contributed by atoms with Crippen LogP contribution < -0.4 is 9.47 Å². The number of rotatable bonds is 8. The van der Waals surface area contributed by atoms with E-state index in [1.165, 1.54) is 0 Å². The number of hydrogen-bond donors (Lipinski definition) is 1. The van der Waals surface area contributed by atoms with Crippen LogP contribution in [0.4, 0.5) is 0 Å². The predicted octanol–water partition coefficient (Wildman–Crippen LogP) is 4.97. The fraction of sp³-hybridized carbons (Fsp3) is 0.414. The first kappa shape index (κ1) is 24.1. The lowest BCUT2D eigenvalue weighted by atomic mass is 9.76. The van der Waals surface area contributed by atoms with Crippen LogP contribution in [0, 0.1) is 11.8 Å². The summed E-state index contributed by atoms with van der Waals surface area (Å²) < 4.78 is 11.7. The number of aliphatic carboxylic acids is 1. The molecule has 1 N–H and O–H groups in total. The fourth-order valence-electron chi connectivity index (χ4n) is 5.52. The zero-order valence-corrected chi connectivity index (χ0v) is 20.6. The standard InChI is InChI=1S/C29H32N2O5/c1-35-25-15-14-21(17-26(25)36-18-20-12-10-19(11-13-20)16-27(32)33)28-23-8-4-5-9-24(23)29(34)31(30-28)22-6-2-3-7-22/h4-5,10-15,17,22-24H,2-3,6-9,16,18H2,1H3,(H,32,33). The summed E-state index contributed by atoms with van der Waals surface area (Å²) in [5, 5.41) is 15.7. The number of hydrazone groups is 1. The van der Waals surface area contributed by atoms with Gasteiger partial charge in [-0.3, -0.25) is 9.59 Å². The maximum Gasteiger partial charge on any atom is 0.307 e. The van der Waals surface area contributed by atoms with Crippen molar-refractivity contribution >= 4 is 17.6 Å². The number of carbonyl (C=O) groups is 2. The minimum atomic E-state index is -0.852. The second kappa shape index (κ2) is 10.6. The molecule has 1 fully saturated rings. The molecule has 1 aliphatic heterocycles. The first-order valence-electron chi connectivity index (χ1n) is 12.7. The molecule has 3 aliphatic rings. The highest BCUT2D eigenvalue weighted by Gasteiger charge is 2.42. The average molecular weight is 489 g/mol. The Bertz CT molecular complexity index is 1180. The van der Waals surface area contributed by atoms with E-state index in [2.05, 4.69) is 12.2 Å². The molecule has 2 aliphatic carbocycles. The molecule has 1 saturated carbocycles. The van der Waals surface area contributed by atoms with Crippen molar-refractivity contribution in [2.24, 2.45) is 16.9 Å². The lowest BCUT2D eigenvalue weighted by Crippen LogP contribution is -2.48. The molecular weight excluding hydrogens is 456 g/mol. The number of hydrogen-bond acceptors (Lipinski definition) is 5. The van der Waals surface area contributed by atoms with Gasteiger partial charge in [0, 0.05) is 11.5 Å². The summed E-state index contributed by atoms with van der Waals surface area (Å²) in [7, 11) is 1.61. The average Bonchev–Trinajstić information content (AvgIpc) is 3.43. The van der Waals surface area contributed by atoms with Gasteiger partial charge in [-0.15, -0.1) is 0 Å². The van der Waals surface area contributed by atoms with Gasteiger partial charge >= 0.3 is 5.97 Å². The van der Waals surface area contributed by atoms with Crippen LogP contribution in [0.15, 0.2) is 59.7 Å². The molecule has 188 valence electrons. The Morgan fingerprint density at radius 2 is 1.69 bits per heavy atom. The lowest BCUT2D eigenvalue weighted by molar-refractivity contribution is -0.140. The van der Waals surface area contributed by atoms with E-state index in [9.17, 15) is 9.59 Å². The van der Waals surface area contributed by atoms with Gasteiger partial charge < -0.3 is 14.6 Å². The zero-order valence-electron chi connectivity index (χ0n) is 20.6. The molecule has 5 rings (SSSR count). The maximum absolute atomic E-state index is 13.3. The fourth-order valence-corrected chi connectivity index (χ4v) is 5.52. The molecule has 1 heterocycles. The normalized spacial score (nSPS) is 21.8. The number of benzene rings is 2. The number of fused-ring (bicyclic) bond motifs is 1. The largest absolute Gasteiger partial charge is 0.493 e. The van der Waals surface area contributed by atoms with Gasteiger partial charge in [-0.1, -0.05) is 49.3 Å². The first-order valence-corrected chi connectivity index (χ1v) is 12.7. The number of ether oxygens (including phenoxy) is 2. The van der Waals surface area contributed by atoms with Gasteiger partial charge in [0.2, 0.25) is 5.91 Å². The molecule has 0 spiro atoms. The quantitative estimate of drug-likeness (QED) is 0.530. The number of allylic oxidation sites excluding steroid dienone is 2. The third-order valence-electron chi connectivity index (χ3n) is 7.44. The Morgan fingerprint density at radius 3 is 2.39 bits per heavy atom. The molecule has 0 bridgehead atoms. The molecule has 36 heavy (non-hydrogen) atoms. The van der Waals surface area contributed by atoms with Crippen molar-refractivity contribution in [3.8, 4) is 11.5 Å². The molecule has 1 amide bonds. The summed E-state index contributed by atoms with van der Waals surface area (Å²) in [5.74, 6) is 0.537. The van der Waals surface area contributed by atoms with Crippen molar-refractivity contribution in [3.63, 3.8) is 0 Å². The highest BCUT2D eigenvalue weighted by atomic mass is 16.5. The lowest BCUT2D eigenvalue weighted by Gasteiger charge is -2.39. The van der Waals surface area contributed by atoms with E-state index in [1.54, 1.807) is 12.1 Å². The summed E-state index contributed by atoms with van der Waals surface area (Å²) in [4.78, 5) is 24.3. The molecule has 7 heteroatoms. The first-order chi connectivity index (χ1) is 17.5. The smallest absolute Gasteiger partial charge is 0.307 e. The summed E-state index contributed by atoms with van der Waals surface area (Å²) in [6.45, 7) is 0.321. The molecule has 2 aromatic rings. The van der Waals surface area contributed by atoms with Crippen molar-refractivity contribution in [1.82, 2.24) is 5.01 Å². The third-order valence-corrected chi connectivity index (χ3v) is 7.44. The number of methoxy groups -OCH3 is 1. The predicted molar refractivity (Wildman–Crippen MR) is 136 cm³/mol. The zero-order chi connectivity index (χ0) is 25.1. The second-order valence-electron chi connectivity index (χ2n) is 9.80. The highest BCUT2D eigenvalue weighted by Crippen LogP contribution is 2.39. The van der Waals surface area contributed by atoms with Gasteiger partial charge in [0.05, 0.1) is 31.2 Å². The van der Waals surface area contributed by atoms with Crippen LogP contribution in [0.5, 0.6) is 11.5 Å². The Balaban J connectivity index is 1.41. The maximum atomic E-state index is 13.3. The Hall–Kier alpha value is -3.61. The van der Waals surface area contributed by atoms with E-state index in [4.69, 9.17) is 19.7 Å². The van der Waals surface area contributed by atoms with Gasteiger partial charge in [-0.05, 0) is 55.0 Å². The molecular formula is C29H32N2O5. The summed E-state index contributed by atoms with van der Waals surface area (Å²) in [6, 6.07) is 13.4. The van der Waals surface area contributed by atoms with E-state index in [0.29, 0.717) is 18.1 Å². The highest BCUT2D eigenvalue weighted by molar-refractivity contribution is 6.07. The number of amides is 1.